The van der Waals surface area contributed by atoms with Gasteiger partial charge in [-0.05, 0) is 30.6 Å². The summed E-state index contributed by atoms with van der Waals surface area (Å²) in [6.45, 7) is 2.14. The van der Waals surface area contributed by atoms with Crippen molar-refractivity contribution in [2.24, 2.45) is 0 Å². The zero-order valence-electron chi connectivity index (χ0n) is 12.4. The first-order chi connectivity index (χ1) is 11.0. The van der Waals surface area contributed by atoms with Gasteiger partial charge in [-0.25, -0.2) is 9.97 Å². The summed E-state index contributed by atoms with van der Waals surface area (Å²) < 4.78 is 47.4. The van der Waals surface area contributed by atoms with Crippen LogP contribution in [0.1, 0.15) is 28.7 Å². The number of likely N-dealkylation sites (tertiary alicyclic amines) is 1. The molecule has 0 N–H and O–H groups in total. The Morgan fingerprint density at radius 2 is 2.26 bits per heavy atom. The molecule has 1 aliphatic heterocycles. The zero-order valence-corrected chi connectivity index (χ0v) is 13.2. The van der Waals surface area contributed by atoms with E-state index < -0.39 is 11.9 Å². The summed E-state index contributed by atoms with van der Waals surface area (Å²) in [6.07, 6.45) is -2.51. The Morgan fingerprint density at radius 1 is 1.43 bits per heavy atom. The van der Waals surface area contributed by atoms with Crippen LogP contribution in [0.15, 0.2) is 18.3 Å². The van der Waals surface area contributed by atoms with E-state index in [-0.39, 0.29) is 11.7 Å². The maximum Gasteiger partial charge on any atom is 0.433 e. The van der Waals surface area contributed by atoms with E-state index in [0.717, 1.165) is 23.9 Å². The van der Waals surface area contributed by atoms with Crippen molar-refractivity contribution in [2.45, 2.75) is 25.1 Å². The normalized spacial score (nSPS) is 19.2. The molecule has 0 saturated carbocycles. The third-order valence-corrected chi connectivity index (χ3v) is 4.48. The SMILES string of the molecule is COc1cc(CN2CC[C@H](c3nccc(C(F)(F)F)n3)C2)sn1. The van der Waals surface area contributed by atoms with Crippen molar-refractivity contribution in [3.05, 3.63) is 34.7 Å². The fraction of sp³-hybridized carbons (Fsp3) is 0.500. The number of aromatic nitrogens is 3. The lowest BCUT2D eigenvalue weighted by Gasteiger charge is -2.14. The Kier molecular flexibility index (Phi) is 4.49. The Balaban J connectivity index is 1.65. The number of rotatable bonds is 4. The van der Waals surface area contributed by atoms with Crippen LogP contribution in [0.3, 0.4) is 0 Å². The van der Waals surface area contributed by atoms with Crippen LogP contribution in [0.4, 0.5) is 13.2 Å². The van der Waals surface area contributed by atoms with Gasteiger partial charge in [-0.1, -0.05) is 0 Å². The molecular weight excluding hydrogens is 329 g/mol. The topological polar surface area (TPSA) is 51.1 Å². The van der Waals surface area contributed by atoms with Gasteiger partial charge in [-0.3, -0.25) is 4.90 Å². The van der Waals surface area contributed by atoms with Crippen LogP contribution in [0, 0.1) is 0 Å². The number of alkyl halides is 3. The van der Waals surface area contributed by atoms with Crippen LogP contribution in [0.2, 0.25) is 0 Å². The van der Waals surface area contributed by atoms with Crippen molar-refractivity contribution in [3.8, 4) is 5.88 Å². The fourth-order valence-corrected chi connectivity index (χ4v) is 3.33. The van der Waals surface area contributed by atoms with E-state index in [1.807, 2.05) is 6.07 Å². The fourth-order valence-electron chi connectivity index (χ4n) is 2.60. The third-order valence-electron chi connectivity index (χ3n) is 3.73. The number of hydrogen-bond acceptors (Lipinski definition) is 6. The molecule has 3 heterocycles. The summed E-state index contributed by atoms with van der Waals surface area (Å²) in [5.41, 5.74) is -0.881. The largest absolute Gasteiger partial charge is 0.480 e. The van der Waals surface area contributed by atoms with E-state index in [9.17, 15) is 13.2 Å². The minimum absolute atomic E-state index is 0.0767. The molecule has 0 aromatic carbocycles. The highest BCUT2D eigenvalue weighted by atomic mass is 32.1. The quantitative estimate of drug-likeness (QED) is 0.854. The predicted octanol–water partition coefficient (Wildman–Crippen LogP) is 2.95. The molecule has 1 fully saturated rings. The third kappa shape index (κ3) is 3.78. The second-order valence-corrected chi connectivity index (χ2v) is 6.24. The Labute approximate surface area is 135 Å². The molecule has 1 atom stereocenters. The average molecular weight is 344 g/mol. The number of ether oxygens (including phenoxy) is 1. The van der Waals surface area contributed by atoms with Crippen molar-refractivity contribution in [3.63, 3.8) is 0 Å². The van der Waals surface area contributed by atoms with Crippen LogP contribution >= 0.6 is 11.5 Å². The van der Waals surface area contributed by atoms with E-state index >= 15 is 0 Å². The van der Waals surface area contributed by atoms with Crippen LogP contribution in [-0.2, 0) is 12.7 Å². The Morgan fingerprint density at radius 3 is 2.96 bits per heavy atom. The summed E-state index contributed by atoms with van der Waals surface area (Å²) in [5, 5.41) is 0. The highest BCUT2D eigenvalue weighted by Crippen LogP contribution is 2.31. The molecule has 124 valence electrons. The van der Waals surface area contributed by atoms with Crippen molar-refractivity contribution >= 4 is 11.5 Å². The van der Waals surface area contributed by atoms with Crippen LogP contribution in [0.5, 0.6) is 5.88 Å². The molecule has 0 bridgehead atoms. The van der Waals surface area contributed by atoms with Gasteiger partial charge >= 0.3 is 6.18 Å². The molecule has 0 aliphatic carbocycles. The molecule has 2 aromatic heterocycles. The van der Waals surface area contributed by atoms with E-state index in [4.69, 9.17) is 4.74 Å². The van der Waals surface area contributed by atoms with Gasteiger partial charge in [-0.2, -0.15) is 17.5 Å². The average Bonchev–Trinajstić information content (AvgIpc) is 3.16. The van der Waals surface area contributed by atoms with Gasteiger partial charge in [0.05, 0.1) is 7.11 Å². The van der Waals surface area contributed by atoms with Crippen LogP contribution in [0.25, 0.3) is 0 Å². The highest BCUT2D eigenvalue weighted by Gasteiger charge is 2.34. The molecule has 5 nitrogen and oxygen atoms in total. The molecule has 0 unspecified atom stereocenters. The van der Waals surface area contributed by atoms with Gasteiger partial charge in [0.2, 0.25) is 5.88 Å². The number of nitrogens with zero attached hydrogens (tertiary/aromatic N) is 4. The second-order valence-electron chi connectivity index (χ2n) is 5.35. The lowest BCUT2D eigenvalue weighted by atomic mass is 10.1. The van der Waals surface area contributed by atoms with Gasteiger partial charge in [0.25, 0.3) is 0 Å². The van der Waals surface area contributed by atoms with E-state index in [1.165, 1.54) is 17.7 Å². The van der Waals surface area contributed by atoms with Gasteiger partial charge in [0, 0.05) is 36.1 Å². The second kappa shape index (κ2) is 6.40. The van der Waals surface area contributed by atoms with Crippen molar-refractivity contribution in [1.82, 2.24) is 19.2 Å². The first-order valence-corrected chi connectivity index (χ1v) is 7.85. The number of hydrogen-bond donors (Lipinski definition) is 0. The zero-order chi connectivity index (χ0) is 16.4. The molecule has 0 spiro atoms. The van der Waals surface area contributed by atoms with E-state index in [1.54, 1.807) is 7.11 Å². The van der Waals surface area contributed by atoms with Crippen molar-refractivity contribution in [2.75, 3.05) is 20.2 Å². The van der Waals surface area contributed by atoms with E-state index in [2.05, 4.69) is 19.2 Å². The van der Waals surface area contributed by atoms with Crippen LogP contribution in [-0.4, -0.2) is 39.4 Å². The van der Waals surface area contributed by atoms with Crippen LogP contribution < -0.4 is 4.74 Å². The maximum atomic E-state index is 12.7. The summed E-state index contributed by atoms with van der Waals surface area (Å²) in [5.74, 6) is 0.776. The lowest BCUT2D eigenvalue weighted by Crippen LogP contribution is -2.20. The lowest BCUT2D eigenvalue weighted by molar-refractivity contribution is -0.141. The molecule has 0 amide bonds. The molecule has 2 aromatic rings. The van der Waals surface area contributed by atoms with E-state index in [0.29, 0.717) is 19.0 Å². The first kappa shape index (κ1) is 16.1. The number of methoxy groups -OCH3 is 1. The summed E-state index contributed by atoms with van der Waals surface area (Å²) in [6, 6.07) is 2.78. The summed E-state index contributed by atoms with van der Waals surface area (Å²) in [7, 11) is 1.57. The molecule has 1 saturated heterocycles. The maximum absolute atomic E-state index is 12.7. The summed E-state index contributed by atoms with van der Waals surface area (Å²) in [4.78, 5) is 10.9. The molecule has 0 radical (unpaired) electrons. The van der Waals surface area contributed by atoms with Crippen molar-refractivity contribution in [1.29, 1.82) is 0 Å². The van der Waals surface area contributed by atoms with Gasteiger partial charge in [0.1, 0.15) is 11.5 Å². The highest BCUT2D eigenvalue weighted by molar-refractivity contribution is 7.05. The smallest absolute Gasteiger partial charge is 0.433 e. The van der Waals surface area contributed by atoms with Gasteiger partial charge in [0.15, 0.2) is 0 Å². The monoisotopic (exact) mass is 344 g/mol. The molecule has 23 heavy (non-hydrogen) atoms. The van der Waals surface area contributed by atoms with Crippen molar-refractivity contribution < 1.29 is 17.9 Å². The molecule has 1 aliphatic rings. The number of halogens is 3. The minimum Gasteiger partial charge on any atom is -0.480 e. The minimum atomic E-state index is -4.44. The van der Waals surface area contributed by atoms with Gasteiger partial charge < -0.3 is 4.74 Å². The first-order valence-electron chi connectivity index (χ1n) is 7.08. The molecule has 3 rings (SSSR count). The molecule has 9 heteroatoms. The molecular formula is C14H15F3N4OS. The Hall–Kier alpha value is -1.74. The summed E-state index contributed by atoms with van der Waals surface area (Å²) >= 11 is 1.37. The predicted molar refractivity (Wildman–Crippen MR) is 78.3 cm³/mol. The Bertz CT molecular complexity index is 676. The standard InChI is InChI=1S/C14H15F3N4OS/c1-22-12-6-10(23-20-12)8-21-5-3-9(7-21)13-18-4-2-11(19-13)14(15,16)17/h2,4,6,9H,3,5,7-8H2,1H3/t9-/m0/s1. The van der Waals surface area contributed by atoms with Gasteiger partial charge in [-0.15, -0.1) is 0 Å².